The van der Waals surface area contributed by atoms with Crippen molar-refractivity contribution in [1.82, 2.24) is 25.2 Å². The van der Waals surface area contributed by atoms with Gasteiger partial charge in [0.2, 0.25) is 11.8 Å². The molecule has 8 rings (SSSR count). The zero-order chi connectivity index (χ0) is 37.8. The first-order valence-corrected chi connectivity index (χ1v) is 19.6. The van der Waals surface area contributed by atoms with Crippen molar-refractivity contribution in [2.45, 2.75) is 113 Å². The molecule has 5 heterocycles. The fourth-order valence-corrected chi connectivity index (χ4v) is 10.5. The SMILES string of the molecule is CC(F)(F)c1nc(N2CC3(CCOCC3)c3cc(OC4CCC(N5CC(F)(F)C5)CC4)ncc32)ncc1C(=O)NCC1CC2CC(CC(=O)O)CC(C1)C2. The number of amides is 1. The lowest BCUT2D eigenvalue weighted by atomic mass is 9.64. The first-order valence-electron chi connectivity index (χ1n) is 19.6. The number of likely N-dealkylation sites (tertiary alicyclic amines) is 1. The molecule has 2 saturated heterocycles. The summed E-state index contributed by atoms with van der Waals surface area (Å²) in [6.07, 6.45) is 12.0. The molecule has 2 aromatic rings. The highest BCUT2D eigenvalue weighted by molar-refractivity contribution is 5.95. The summed E-state index contributed by atoms with van der Waals surface area (Å²) in [5, 5.41) is 12.1. The largest absolute Gasteiger partial charge is 0.481 e. The molecule has 11 nitrogen and oxygen atoms in total. The molecule has 2 bridgehead atoms. The Morgan fingerprint density at radius 1 is 0.981 bits per heavy atom. The van der Waals surface area contributed by atoms with E-state index in [0.29, 0.717) is 62.5 Å². The maximum Gasteiger partial charge on any atom is 0.303 e. The van der Waals surface area contributed by atoms with Crippen molar-refractivity contribution in [3.8, 4) is 5.88 Å². The molecular weight excluding hydrogens is 708 g/mol. The fourth-order valence-electron chi connectivity index (χ4n) is 10.5. The minimum absolute atomic E-state index is 0.0640. The molecule has 54 heavy (non-hydrogen) atoms. The molecule has 0 aromatic carbocycles. The molecule has 0 radical (unpaired) electrons. The van der Waals surface area contributed by atoms with Crippen LogP contribution in [0.25, 0.3) is 0 Å². The van der Waals surface area contributed by atoms with E-state index in [9.17, 15) is 23.5 Å². The third-order valence-electron chi connectivity index (χ3n) is 13.0. The van der Waals surface area contributed by atoms with Gasteiger partial charge in [-0.2, -0.15) is 8.78 Å². The van der Waals surface area contributed by atoms with Crippen LogP contribution in [0, 0.1) is 23.7 Å². The van der Waals surface area contributed by atoms with E-state index in [4.69, 9.17) is 9.47 Å². The molecule has 1 amide bonds. The van der Waals surface area contributed by atoms with Gasteiger partial charge < -0.3 is 24.8 Å². The minimum Gasteiger partial charge on any atom is -0.481 e. The third kappa shape index (κ3) is 7.76. The molecule has 3 aliphatic carbocycles. The first kappa shape index (κ1) is 37.3. The van der Waals surface area contributed by atoms with Crippen LogP contribution in [0.2, 0.25) is 0 Å². The van der Waals surface area contributed by atoms with Crippen molar-refractivity contribution >= 4 is 23.5 Å². The molecule has 6 aliphatic rings. The number of nitrogens with one attached hydrogen (secondary N) is 1. The predicted molar refractivity (Wildman–Crippen MR) is 189 cm³/mol. The highest BCUT2D eigenvalue weighted by Gasteiger charge is 2.48. The van der Waals surface area contributed by atoms with Gasteiger partial charge in [-0.05, 0) is 99.9 Å². The lowest BCUT2D eigenvalue weighted by molar-refractivity contribution is -0.151. The number of carbonyl (C=O) groups is 2. The minimum atomic E-state index is -3.42. The Morgan fingerprint density at radius 3 is 2.31 bits per heavy atom. The second-order valence-corrected chi connectivity index (χ2v) is 17.1. The average Bonchev–Trinajstić information content (AvgIpc) is 3.41. The first-order chi connectivity index (χ1) is 25.7. The number of halogens is 4. The summed E-state index contributed by atoms with van der Waals surface area (Å²) in [7, 11) is 0. The quantitative estimate of drug-likeness (QED) is 0.260. The summed E-state index contributed by atoms with van der Waals surface area (Å²) in [6.45, 7) is 2.25. The topological polar surface area (TPSA) is 130 Å². The standard InChI is InChI=1S/C39H50F4N6O5/c1-37(40,41)34-29(35(52)45-17-26-13-23-10-24(14-26)12-25(11-23)15-33(50)51)18-46-36(47-34)49-20-38(6-8-53-9-7-38)30-16-32(44-19-31(30)49)54-28-4-2-27(3-5-28)48-21-39(42,43)22-48/h16,18-19,23-28H,2-15,17,20-22H2,1H3,(H,45,52)(H,50,51). The second-order valence-electron chi connectivity index (χ2n) is 17.1. The van der Waals surface area contributed by atoms with Gasteiger partial charge in [0.25, 0.3) is 17.8 Å². The van der Waals surface area contributed by atoms with E-state index in [2.05, 4.69) is 20.3 Å². The van der Waals surface area contributed by atoms with E-state index in [1.54, 1.807) is 11.1 Å². The fraction of sp³-hybridized carbons (Fsp3) is 0.718. The second kappa shape index (κ2) is 14.5. The van der Waals surface area contributed by atoms with E-state index in [0.717, 1.165) is 70.3 Å². The Bertz CT molecular complexity index is 1710. The van der Waals surface area contributed by atoms with E-state index in [-0.39, 0.29) is 60.4 Å². The molecule has 5 fully saturated rings. The number of hydrogen-bond donors (Lipinski definition) is 2. The van der Waals surface area contributed by atoms with E-state index >= 15 is 8.78 Å². The van der Waals surface area contributed by atoms with Crippen molar-refractivity contribution in [3.05, 3.63) is 35.3 Å². The van der Waals surface area contributed by atoms with Gasteiger partial charge in [0.1, 0.15) is 11.8 Å². The van der Waals surface area contributed by atoms with Crippen molar-refractivity contribution in [3.63, 3.8) is 0 Å². The van der Waals surface area contributed by atoms with Crippen LogP contribution >= 0.6 is 0 Å². The van der Waals surface area contributed by atoms with E-state index in [1.165, 1.54) is 6.20 Å². The summed E-state index contributed by atoms with van der Waals surface area (Å²) in [4.78, 5) is 41.9. The zero-order valence-corrected chi connectivity index (χ0v) is 30.8. The van der Waals surface area contributed by atoms with Gasteiger partial charge in [-0.25, -0.2) is 23.7 Å². The number of rotatable bonds is 10. The van der Waals surface area contributed by atoms with Crippen LogP contribution < -0.4 is 15.0 Å². The van der Waals surface area contributed by atoms with Gasteiger partial charge in [-0.1, -0.05) is 0 Å². The number of ether oxygens (including phenoxy) is 2. The van der Waals surface area contributed by atoms with Crippen LogP contribution in [0.15, 0.2) is 18.5 Å². The summed E-state index contributed by atoms with van der Waals surface area (Å²) in [6, 6.07) is 2.08. The molecular formula is C39H50F4N6O5. The van der Waals surface area contributed by atoms with Crippen molar-refractivity contribution < 1.29 is 41.7 Å². The number of carboxylic acids is 1. The molecule has 15 heteroatoms. The van der Waals surface area contributed by atoms with E-state index in [1.807, 2.05) is 11.0 Å². The number of alkyl halides is 4. The predicted octanol–water partition coefficient (Wildman–Crippen LogP) is 6.47. The number of carbonyl (C=O) groups excluding carboxylic acids is 1. The molecule has 1 spiro atoms. The lowest BCUT2D eigenvalue weighted by Gasteiger charge is -2.46. The van der Waals surface area contributed by atoms with Crippen LogP contribution in [0.4, 0.5) is 29.2 Å². The number of anilines is 2. The Morgan fingerprint density at radius 2 is 1.67 bits per heavy atom. The molecule has 2 atom stereocenters. The Kier molecular flexibility index (Phi) is 10.0. The lowest BCUT2D eigenvalue weighted by Crippen LogP contribution is -2.60. The van der Waals surface area contributed by atoms with Crippen LogP contribution in [-0.4, -0.2) is 94.3 Å². The van der Waals surface area contributed by atoms with Gasteiger partial charge in [0.05, 0.1) is 30.5 Å². The van der Waals surface area contributed by atoms with Crippen LogP contribution in [0.3, 0.4) is 0 Å². The van der Waals surface area contributed by atoms with Gasteiger partial charge in [-0.15, -0.1) is 0 Å². The van der Waals surface area contributed by atoms with Gasteiger partial charge in [0.15, 0.2) is 0 Å². The number of hydrogen-bond acceptors (Lipinski definition) is 9. The van der Waals surface area contributed by atoms with Crippen LogP contribution in [0.1, 0.15) is 106 Å². The normalized spacial score (nSPS) is 30.4. The molecule has 2 unspecified atom stereocenters. The van der Waals surface area contributed by atoms with E-state index < -0.39 is 29.4 Å². The van der Waals surface area contributed by atoms with Crippen molar-refractivity contribution in [2.75, 3.05) is 44.3 Å². The smallest absolute Gasteiger partial charge is 0.303 e. The van der Waals surface area contributed by atoms with Crippen LogP contribution in [-0.2, 0) is 20.9 Å². The molecule has 3 saturated carbocycles. The van der Waals surface area contributed by atoms with Gasteiger partial charge in [0, 0.05) is 63.4 Å². The summed E-state index contributed by atoms with van der Waals surface area (Å²) in [5.74, 6) is -5.65. The van der Waals surface area contributed by atoms with Crippen LogP contribution in [0.5, 0.6) is 5.88 Å². The number of carboxylic acid groups (broad SMARTS) is 1. The Balaban J connectivity index is 0.962. The highest BCUT2D eigenvalue weighted by Crippen LogP contribution is 2.50. The zero-order valence-electron chi connectivity index (χ0n) is 30.8. The summed E-state index contributed by atoms with van der Waals surface area (Å²) < 4.78 is 69.4. The average molecular weight is 759 g/mol. The number of nitrogens with zero attached hydrogens (tertiary/aromatic N) is 5. The Hall–Kier alpha value is -3.59. The van der Waals surface area contributed by atoms with Gasteiger partial charge >= 0.3 is 5.97 Å². The number of aliphatic carboxylic acids is 1. The summed E-state index contributed by atoms with van der Waals surface area (Å²) >= 11 is 0. The van der Waals surface area contributed by atoms with Gasteiger partial charge in [-0.3, -0.25) is 14.5 Å². The number of aromatic nitrogens is 3. The maximum atomic E-state index is 15.3. The van der Waals surface area contributed by atoms with Crippen molar-refractivity contribution in [1.29, 1.82) is 0 Å². The molecule has 2 N–H and O–H groups in total. The Labute approximate surface area is 312 Å². The number of fused-ring (bicyclic) bond motifs is 4. The maximum absolute atomic E-state index is 15.3. The molecule has 2 aromatic heterocycles. The summed E-state index contributed by atoms with van der Waals surface area (Å²) in [5.41, 5.74) is 0.400. The van der Waals surface area contributed by atoms with Crippen molar-refractivity contribution in [2.24, 2.45) is 23.7 Å². The third-order valence-corrected chi connectivity index (χ3v) is 13.0. The monoisotopic (exact) mass is 758 g/mol. The molecule has 294 valence electrons. The highest BCUT2D eigenvalue weighted by atomic mass is 19.3. The number of pyridine rings is 1. The molecule has 3 aliphatic heterocycles.